The van der Waals surface area contributed by atoms with E-state index in [1.165, 1.54) is 0 Å². The lowest BCUT2D eigenvalue weighted by Gasteiger charge is -2.44. The smallest absolute Gasteiger partial charge is 0.285 e. The van der Waals surface area contributed by atoms with Crippen LogP contribution in [-0.2, 0) is 6.54 Å². The molecule has 0 aliphatic heterocycles. The highest BCUT2D eigenvalue weighted by Gasteiger charge is 2.52. The van der Waals surface area contributed by atoms with E-state index in [2.05, 4.69) is 4.98 Å². The Hall–Kier alpha value is -7.47. The van der Waals surface area contributed by atoms with Gasteiger partial charge in [0.15, 0.2) is 76.0 Å². The number of hydrogen-bond donors (Lipinski definition) is 0. The Kier molecular flexibility index (Phi) is 14.2. The lowest BCUT2D eigenvalue weighted by molar-refractivity contribution is -0.683. The van der Waals surface area contributed by atoms with E-state index in [0.717, 1.165) is 16.9 Å². The Balaban J connectivity index is 0.000000273. The van der Waals surface area contributed by atoms with Crippen LogP contribution >= 0.6 is 0 Å². The van der Waals surface area contributed by atoms with E-state index in [0.29, 0.717) is 11.4 Å². The minimum absolute atomic E-state index is 0.0458. The maximum absolute atomic E-state index is 15.4. The molecule has 0 unspecified atom stereocenters. The SMILES string of the molecule is Cc1ccc(C)c(Oc2c[n+](CC(=O)c3ccccc3)ccn2)c1.Fc1c(F)c(F)c([B-](c2c(F)c(F)c(F)c(F)c2F)(c2c(F)c(F)c(F)c(F)c2F)c2c(F)c(F)c(F)c(F)c2F)c(F)c1F. The molecule has 0 amide bonds. The quantitative estimate of drug-likeness (QED) is 0.0362. The van der Waals surface area contributed by atoms with Gasteiger partial charge >= 0.3 is 0 Å². The zero-order valence-electron chi connectivity index (χ0n) is 33.9. The molecule has 0 fully saturated rings. The molecule has 0 atom stereocenters. The third-order valence-corrected chi connectivity index (χ3v) is 10.4. The lowest BCUT2D eigenvalue weighted by Crippen LogP contribution is -2.81. The summed E-state index contributed by atoms with van der Waals surface area (Å²) in [6, 6.07) is 15.3. The zero-order valence-corrected chi connectivity index (χ0v) is 33.9. The number of aromatic nitrogens is 2. The van der Waals surface area contributed by atoms with Crippen LogP contribution in [0.5, 0.6) is 11.6 Å². The van der Waals surface area contributed by atoms with Crippen molar-refractivity contribution in [2.24, 2.45) is 0 Å². The van der Waals surface area contributed by atoms with E-state index >= 15 is 35.1 Å². The minimum Gasteiger partial charge on any atom is -0.434 e. The molecule has 7 rings (SSSR count). The van der Waals surface area contributed by atoms with Gasteiger partial charge in [-0.2, -0.15) is 4.57 Å². The molecule has 0 bridgehead atoms. The van der Waals surface area contributed by atoms with E-state index < -0.39 is 144 Å². The topological polar surface area (TPSA) is 43.1 Å². The molecule has 0 aliphatic carbocycles. The number of hydrogen-bond acceptors (Lipinski definition) is 3. The van der Waals surface area contributed by atoms with Gasteiger partial charge in [-0.3, -0.25) is 4.79 Å². The summed E-state index contributed by atoms with van der Waals surface area (Å²) in [7, 11) is 0. The molecule has 25 heteroatoms. The van der Waals surface area contributed by atoms with Gasteiger partial charge in [-0.15, -0.1) is 21.9 Å². The largest absolute Gasteiger partial charge is 0.434 e. The summed E-state index contributed by atoms with van der Waals surface area (Å²) in [6.07, 6.45) is -2.08. The van der Waals surface area contributed by atoms with Crippen LogP contribution in [0.1, 0.15) is 21.5 Å². The van der Waals surface area contributed by atoms with Crippen molar-refractivity contribution < 1.29 is 102 Å². The molecule has 4 nitrogen and oxygen atoms in total. The standard InChI is InChI=1S/C24BF20.C20H19N2O2/c26-5-1(6(27)14(35)21(42)13(5)34)25(2-7(28)15(36)22(43)16(37)8(2)29,3-9(30)17(38)23(44)18(39)10(3)31)4-11(32)19(40)24(45)20(41)12(4)33;1-15-8-9-16(2)19(12-15)24-20-14-22(11-10-21-20)13-18(23)17-6-4-3-5-7-17/h;3-12,14H,13H2,1-2H3/q-1;+1. The number of benzene rings is 6. The Bertz CT molecular complexity index is 2850. The Morgan fingerprint density at radius 1 is 0.478 bits per heavy atom. The fraction of sp³-hybridized carbons (Fsp3) is 0.0682. The van der Waals surface area contributed by atoms with Gasteiger partial charge in [0, 0.05) is 5.56 Å². The Morgan fingerprint density at radius 3 is 1.16 bits per heavy atom. The Labute approximate surface area is 372 Å². The van der Waals surface area contributed by atoms with Crippen LogP contribution in [0.25, 0.3) is 0 Å². The summed E-state index contributed by atoms with van der Waals surface area (Å²) >= 11 is 0. The number of ether oxygens (including phenoxy) is 1. The van der Waals surface area contributed by atoms with E-state index in [1.807, 2.05) is 62.4 Å². The van der Waals surface area contributed by atoms with Crippen molar-refractivity contribution in [1.82, 2.24) is 4.98 Å². The third-order valence-electron chi connectivity index (χ3n) is 10.4. The number of halogens is 20. The first-order valence-electron chi connectivity index (χ1n) is 18.7. The van der Waals surface area contributed by atoms with Crippen molar-refractivity contribution >= 4 is 33.8 Å². The van der Waals surface area contributed by atoms with Crippen LogP contribution in [0.15, 0.2) is 67.1 Å². The fourth-order valence-corrected chi connectivity index (χ4v) is 7.25. The number of carbonyl (C=O) groups excluding carboxylic acids is 1. The van der Waals surface area contributed by atoms with E-state index in [4.69, 9.17) is 4.74 Å². The first-order chi connectivity index (χ1) is 32.3. The minimum atomic E-state index is -7.22. The highest BCUT2D eigenvalue weighted by atomic mass is 19.2. The third kappa shape index (κ3) is 8.57. The molecule has 6 aromatic carbocycles. The van der Waals surface area contributed by atoms with Gasteiger partial charge in [0.2, 0.25) is 18.5 Å². The molecular formula is C44H19BF20N2O2. The summed E-state index contributed by atoms with van der Waals surface area (Å²) < 4.78 is 302. The molecule has 7 aromatic rings. The summed E-state index contributed by atoms with van der Waals surface area (Å²) in [4.78, 5) is 16.5. The number of Topliss-reactive ketones (excluding diaryl/α,β-unsaturated/α-hetero) is 1. The normalized spacial score (nSPS) is 11.4. The summed E-state index contributed by atoms with van der Waals surface area (Å²) in [5.74, 6) is -70.1. The van der Waals surface area contributed by atoms with Gasteiger partial charge in [0.05, 0.1) is 6.20 Å². The van der Waals surface area contributed by atoms with Gasteiger partial charge in [-0.25, -0.2) is 92.8 Å². The van der Waals surface area contributed by atoms with Crippen molar-refractivity contribution in [1.29, 1.82) is 0 Å². The average molecular weight is 998 g/mol. The van der Waals surface area contributed by atoms with Crippen molar-refractivity contribution in [2.75, 3.05) is 0 Å². The van der Waals surface area contributed by atoms with Gasteiger partial charge in [-0.1, -0.05) is 42.5 Å². The summed E-state index contributed by atoms with van der Waals surface area (Å²) in [5, 5.41) is 0. The predicted octanol–water partition coefficient (Wildman–Crippen LogP) is 9.51. The predicted molar refractivity (Wildman–Crippen MR) is 200 cm³/mol. The van der Waals surface area contributed by atoms with Crippen LogP contribution in [0.2, 0.25) is 0 Å². The highest BCUT2D eigenvalue weighted by molar-refractivity contribution is 7.20. The van der Waals surface area contributed by atoms with Crippen LogP contribution < -0.4 is 31.2 Å². The van der Waals surface area contributed by atoms with E-state index in [9.17, 15) is 57.5 Å². The van der Waals surface area contributed by atoms with Crippen LogP contribution in [0.4, 0.5) is 87.8 Å². The van der Waals surface area contributed by atoms with Gasteiger partial charge in [0.25, 0.3) is 5.88 Å². The monoisotopic (exact) mass is 998 g/mol. The van der Waals surface area contributed by atoms with Gasteiger partial charge in [-0.05, 0) is 31.0 Å². The number of ketones is 1. The summed E-state index contributed by atoms with van der Waals surface area (Å²) in [6.45, 7) is 4.25. The molecule has 0 spiro atoms. The molecule has 69 heavy (non-hydrogen) atoms. The first kappa shape index (κ1) is 50.9. The van der Waals surface area contributed by atoms with E-state index in [1.54, 1.807) is 23.2 Å². The van der Waals surface area contributed by atoms with Crippen molar-refractivity contribution in [3.63, 3.8) is 0 Å². The van der Waals surface area contributed by atoms with Crippen LogP contribution in [0, 0.1) is 130 Å². The van der Waals surface area contributed by atoms with Gasteiger partial charge in [0.1, 0.15) is 58.4 Å². The van der Waals surface area contributed by atoms with Crippen molar-refractivity contribution in [3.05, 3.63) is 200 Å². The maximum atomic E-state index is 15.4. The summed E-state index contributed by atoms with van der Waals surface area (Å²) in [5.41, 5.74) is -11.5. The van der Waals surface area contributed by atoms with Crippen LogP contribution in [-0.4, -0.2) is 16.9 Å². The number of rotatable bonds is 9. The van der Waals surface area contributed by atoms with Crippen LogP contribution in [0.3, 0.4) is 0 Å². The molecule has 360 valence electrons. The molecule has 0 saturated heterocycles. The zero-order chi connectivity index (χ0) is 51.3. The molecular weight excluding hydrogens is 979 g/mol. The number of nitrogens with zero attached hydrogens (tertiary/aromatic N) is 2. The fourth-order valence-electron chi connectivity index (χ4n) is 7.25. The maximum Gasteiger partial charge on any atom is 0.285 e. The highest BCUT2D eigenvalue weighted by Crippen LogP contribution is 2.31. The molecule has 0 radical (unpaired) electrons. The van der Waals surface area contributed by atoms with Gasteiger partial charge < -0.3 is 4.74 Å². The van der Waals surface area contributed by atoms with Crippen molar-refractivity contribution in [2.45, 2.75) is 20.4 Å². The second kappa shape index (κ2) is 19.3. The second-order valence-electron chi connectivity index (χ2n) is 14.5. The molecule has 1 heterocycles. The van der Waals surface area contributed by atoms with Crippen molar-refractivity contribution in [3.8, 4) is 11.6 Å². The number of carbonyl (C=O) groups is 1. The number of aryl methyl sites for hydroxylation is 2. The van der Waals surface area contributed by atoms with E-state index in [-0.39, 0.29) is 12.3 Å². The molecule has 0 aliphatic rings. The first-order valence-corrected chi connectivity index (χ1v) is 18.7. The second-order valence-corrected chi connectivity index (χ2v) is 14.5. The lowest BCUT2D eigenvalue weighted by atomic mass is 9.12. The molecule has 1 aromatic heterocycles. The Morgan fingerprint density at radius 2 is 0.812 bits per heavy atom. The molecule has 0 N–H and O–H groups in total. The average Bonchev–Trinajstić information content (AvgIpc) is 3.33. The molecule has 0 saturated carbocycles.